The first kappa shape index (κ1) is 29.7. The number of phenolic OH excluding ortho intramolecular Hbond substituents is 4. The number of nitrogens with one attached hydrogen (secondary N) is 2. The maximum atomic E-state index is 12.3. The first-order valence-electron chi connectivity index (χ1n) is 11.1. The summed E-state index contributed by atoms with van der Waals surface area (Å²) in [5, 5.41) is 94.4. The number of aromatic nitrogens is 1. The van der Waals surface area contributed by atoms with Crippen molar-refractivity contribution in [3.63, 3.8) is 0 Å². The second-order valence-electron chi connectivity index (χ2n) is 8.56. The summed E-state index contributed by atoms with van der Waals surface area (Å²) in [6.07, 6.45) is -1.48. The third kappa shape index (κ3) is 6.23. The Hall–Kier alpha value is -3.90. The van der Waals surface area contributed by atoms with Crippen molar-refractivity contribution in [3.05, 3.63) is 46.6 Å². The van der Waals surface area contributed by atoms with Crippen LogP contribution in [0.4, 0.5) is 10.8 Å². The highest BCUT2D eigenvalue weighted by Gasteiger charge is 2.41. The van der Waals surface area contributed by atoms with Crippen LogP contribution in [0.3, 0.4) is 0 Å². The minimum absolute atomic E-state index is 0.00111. The zero-order valence-corrected chi connectivity index (χ0v) is 21.4. The van der Waals surface area contributed by atoms with E-state index >= 15 is 0 Å². The number of aliphatic hydroxyl groups is 4. The average Bonchev–Trinajstić information content (AvgIpc) is 3.23. The number of aromatic hydroxyl groups is 5. The van der Waals surface area contributed by atoms with Crippen molar-refractivity contribution >= 4 is 28.1 Å². The number of anilines is 2. The average molecular weight is 569 g/mol. The summed E-state index contributed by atoms with van der Waals surface area (Å²) in [5.41, 5.74) is 5.05. The molecule has 2 aromatic carbocycles. The van der Waals surface area contributed by atoms with Gasteiger partial charge in [0, 0.05) is 36.9 Å². The molecular formula is C23H28N4O11S. The third-order valence-corrected chi connectivity index (χ3v) is 6.49. The number of carbonyl (C=O) groups is 1. The number of hydrogen-bond donors (Lipinski definition) is 12. The van der Waals surface area contributed by atoms with Crippen molar-refractivity contribution in [2.45, 2.75) is 31.1 Å². The molecule has 1 heterocycles. The number of nitrogen functional groups attached to an aromatic ring is 1. The molecule has 1 amide bonds. The van der Waals surface area contributed by atoms with Crippen LogP contribution in [-0.2, 0) is 21.7 Å². The molecule has 3 rings (SSSR count). The number of nitrogens with two attached hydrogens (primary N) is 1. The zero-order valence-electron chi connectivity index (χ0n) is 20.6. The lowest BCUT2D eigenvalue weighted by molar-refractivity contribution is -0.187. The molecular weight excluding hydrogens is 540 g/mol. The van der Waals surface area contributed by atoms with E-state index in [2.05, 4.69) is 15.6 Å². The predicted molar refractivity (Wildman–Crippen MR) is 136 cm³/mol. The molecule has 0 bridgehead atoms. The molecule has 0 saturated carbocycles. The first-order chi connectivity index (χ1) is 18.1. The summed E-state index contributed by atoms with van der Waals surface area (Å²) in [6.45, 7) is 1.03. The zero-order chi connectivity index (χ0) is 29.3. The number of amides is 1. The van der Waals surface area contributed by atoms with Gasteiger partial charge in [0.2, 0.25) is 22.5 Å². The van der Waals surface area contributed by atoms with Gasteiger partial charge in [-0.3, -0.25) is 10.1 Å². The summed E-state index contributed by atoms with van der Waals surface area (Å²) >= 11 is 0.552. The van der Waals surface area contributed by atoms with Gasteiger partial charge in [-0.05, 0) is 24.6 Å². The SMILES string of the molecule is COC(CNC(O)(O)Cc1ccc(NC(=O)C(O)(O)c2nc(N)sc2O)cc1)c1c(C)c(O)c(O)c(O)c1O. The van der Waals surface area contributed by atoms with Crippen molar-refractivity contribution in [2.75, 3.05) is 24.7 Å². The molecule has 1 unspecified atom stereocenters. The number of thiazole rings is 1. The maximum Gasteiger partial charge on any atom is 0.294 e. The fourth-order valence-electron chi connectivity index (χ4n) is 3.72. The number of phenols is 4. The number of rotatable bonds is 10. The van der Waals surface area contributed by atoms with E-state index < -0.39 is 57.5 Å². The Bertz CT molecular complexity index is 1330. The lowest BCUT2D eigenvalue weighted by Gasteiger charge is -2.27. The van der Waals surface area contributed by atoms with Gasteiger partial charge in [0.15, 0.2) is 22.3 Å². The molecule has 0 aliphatic heterocycles. The highest BCUT2D eigenvalue weighted by atomic mass is 32.1. The van der Waals surface area contributed by atoms with E-state index in [1.807, 2.05) is 0 Å². The van der Waals surface area contributed by atoms with Gasteiger partial charge in [0.1, 0.15) is 0 Å². The Morgan fingerprint density at radius 1 is 1.03 bits per heavy atom. The first-order valence-corrected chi connectivity index (χ1v) is 11.9. The number of benzene rings is 2. The van der Waals surface area contributed by atoms with Crippen LogP contribution in [0.5, 0.6) is 28.1 Å². The van der Waals surface area contributed by atoms with Crippen LogP contribution in [0.15, 0.2) is 24.3 Å². The second kappa shape index (κ2) is 11.1. The van der Waals surface area contributed by atoms with Crippen LogP contribution in [0.25, 0.3) is 0 Å². The monoisotopic (exact) mass is 568 g/mol. The number of methoxy groups -OCH3 is 1. The molecule has 1 atom stereocenters. The van der Waals surface area contributed by atoms with E-state index in [1.165, 1.54) is 38.3 Å². The highest BCUT2D eigenvalue weighted by molar-refractivity contribution is 7.17. The van der Waals surface area contributed by atoms with Gasteiger partial charge >= 0.3 is 0 Å². The largest absolute Gasteiger partial charge is 0.504 e. The van der Waals surface area contributed by atoms with Crippen molar-refractivity contribution in [2.24, 2.45) is 0 Å². The van der Waals surface area contributed by atoms with E-state index in [4.69, 9.17) is 10.5 Å². The van der Waals surface area contributed by atoms with Gasteiger partial charge in [0.25, 0.3) is 11.7 Å². The topological polar surface area (TPSA) is 271 Å². The predicted octanol–water partition coefficient (Wildman–Crippen LogP) is -0.504. The quantitative estimate of drug-likeness (QED) is 0.0835. The summed E-state index contributed by atoms with van der Waals surface area (Å²) in [4.78, 5) is 15.9. The smallest absolute Gasteiger partial charge is 0.294 e. The minimum Gasteiger partial charge on any atom is -0.504 e. The number of ether oxygens (including phenoxy) is 1. The molecule has 212 valence electrons. The normalized spacial score (nSPS) is 12.9. The summed E-state index contributed by atoms with van der Waals surface area (Å²) in [6, 6.07) is 5.51. The molecule has 1 aromatic heterocycles. The number of carbonyl (C=O) groups excluding carboxylic acids is 1. The summed E-state index contributed by atoms with van der Waals surface area (Å²) < 4.78 is 5.26. The van der Waals surface area contributed by atoms with E-state index in [-0.39, 0.29) is 34.9 Å². The minimum atomic E-state index is -3.18. The summed E-state index contributed by atoms with van der Waals surface area (Å²) in [5.74, 6) is -10.3. The highest BCUT2D eigenvalue weighted by Crippen LogP contribution is 2.49. The Kier molecular flexibility index (Phi) is 8.42. The van der Waals surface area contributed by atoms with Crippen LogP contribution >= 0.6 is 11.3 Å². The van der Waals surface area contributed by atoms with Crippen molar-refractivity contribution in [3.8, 4) is 28.1 Å². The van der Waals surface area contributed by atoms with E-state index in [0.717, 1.165) is 0 Å². The lowest BCUT2D eigenvalue weighted by Crippen LogP contribution is -2.48. The van der Waals surface area contributed by atoms with Gasteiger partial charge < -0.3 is 61.7 Å². The fraction of sp³-hybridized carbons (Fsp3) is 0.304. The van der Waals surface area contributed by atoms with Crippen LogP contribution in [0.1, 0.15) is 28.5 Å². The molecule has 0 radical (unpaired) electrons. The van der Waals surface area contributed by atoms with Crippen LogP contribution in [0, 0.1) is 6.92 Å². The van der Waals surface area contributed by atoms with E-state index in [9.17, 15) is 50.8 Å². The number of nitrogens with zero attached hydrogens (tertiary/aromatic N) is 1. The van der Waals surface area contributed by atoms with Crippen LogP contribution in [0.2, 0.25) is 0 Å². The van der Waals surface area contributed by atoms with E-state index in [1.54, 1.807) is 0 Å². The van der Waals surface area contributed by atoms with Gasteiger partial charge in [-0.2, -0.15) is 0 Å². The molecule has 15 nitrogen and oxygen atoms in total. The van der Waals surface area contributed by atoms with Gasteiger partial charge in [0.05, 0.1) is 6.10 Å². The number of hydrogen-bond acceptors (Lipinski definition) is 15. The Morgan fingerprint density at radius 3 is 2.15 bits per heavy atom. The van der Waals surface area contributed by atoms with Crippen LogP contribution < -0.4 is 16.4 Å². The maximum absolute atomic E-state index is 12.3. The fourth-order valence-corrected chi connectivity index (χ4v) is 4.34. The Morgan fingerprint density at radius 2 is 1.62 bits per heavy atom. The molecule has 3 aromatic rings. The van der Waals surface area contributed by atoms with Gasteiger partial charge in [-0.15, -0.1) is 0 Å². The molecule has 0 aliphatic rings. The molecule has 0 fully saturated rings. The molecule has 39 heavy (non-hydrogen) atoms. The standard InChI is InChI=1S/C23H28N4O11S/c1-9-13(15(29)17(31)16(30)14(9)28)12(38-2)8-25-22(34,35)7-10-3-5-11(6-4-10)26-20(33)23(36,37)18-19(32)39-21(24)27-18/h3-6,12,25,28-32,34-37H,7-8H2,1-2H3,(H2,24,27)(H,26,33). The molecule has 0 saturated heterocycles. The summed E-state index contributed by atoms with van der Waals surface area (Å²) in [7, 11) is 1.24. The van der Waals surface area contributed by atoms with Crippen molar-refractivity contribution in [1.82, 2.24) is 10.3 Å². The molecule has 0 spiro atoms. The van der Waals surface area contributed by atoms with Crippen molar-refractivity contribution < 1.29 is 55.5 Å². The lowest BCUT2D eigenvalue weighted by atomic mass is 9.99. The Balaban J connectivity index is 1.66. The Labute approximate surface area is 224 Å². The molecule has 16 heteroatoms. The van der Waals surface area contributed by atoms with Gasteiger partial charge in [-0.1, -0.05) is 23.5 Å². The molecule has 13 N–H and O–H groups in total. The van der Waals surface area contributed by atoms with Gasteiger partial charge in [-0.25, -0.2) is 4.98 Å². The molecule has 0 aliphatic carbocycles. The van der Waals surface area contributed by atoms with E-state index in [0.29, 0.717) is 16.9 Å². The third-order valence-electron chi connectivity index (χ3n) is 5.80. The van der Waals surface area contributed by atoms with Crippen molar-refractivity contribution in [1.29, 1.82) is 0 Å². The second-order valence-corrected chi connectivity index (χ2v) is 9.57. The van der Waals surface area contributed by atoms with Crippen LogP contribution in [-0.4, -0.2) is 76.4 Å².